The third-order valence-corrected chi connectivity index (χ3v) is 6.87. The average Bonchev–Trinajstić information content (AvgIpc) is 3.18. The van der Waals surface area contributed by atoms with Crippen molar-refractivity contribution < 1.29 is 4.79 Å². The van der Waals surface area contributed by atoms with E-state index in [0.717, 1.165) is 54.0 Å². The highest BCUT2D eigenvalue weighted by Crippen LogP contribution is 2.41. The van der Waals surface area contributed by atoms with Crippen LogP contribution in [-0.4, -0.2) is 52.5 Å². The van der Waals surface area contributed by atoms with Crippen LogP contribution in [0.5, 0.6) is 0 Å². The first-order valence-electron chi connectivity index (χ1n) is 11.0. The Balaban J connectivity index is 1.26. The summed E-state index contributed by atoms with van der Waals surface area (Å²) in [7, 11) is 1.90. The Morgan fingerprint density at radius 3 is 2.97 bits per heavy atom. The number of nitrogens with one attached hydrogen (secondary N) is 2. The zero-order valence-corrected chi connectivity index (χ0v) is 18.0. The zero-order chi connectivity index (χ0) is 21.2. The summed E-state index contributed by atoms with van der Waals surface area (Å²) in [6.45, 7) is 5.69. The Hall–Kier alpha value is -3.13. The minimum Gasteiger partial charge on any atom is -0.368 e. The predicted molar refractivity (Wildman–Crippen MR) is 122 cm³/mol. The highest BCUT2D eigenvalue weighted by atomic mass is 16.2. The summed E-state index contributed by atoms with van der Waals surface area (Å²) in [4.78, 5) is 22.1. The Morgan fingerprint density at radius 2 is 2.13 bits per heavy atom. The molecule has 1 saturated heterocycles. The summed E-state index contributed by atoms with van der Waals surface area (Å²) in [6.07, 6.45) is 7.15. The van der Waals surface area contributed by atoms with E-state index in [9.17, 15) is 4.79 Å². The lowest BCUT2D eigenvalue weighted by atomic mass is 10.1. The lowest BCUT2D eigenvalue weighted by Gasteiger charge is -2.36. The van der Waals surface area contributed by atoms with Gasteiger partial charge in [0.15, 0.2) is 0 Å². The molecule has 3 aromatic rings. The molecule has 160 valence electrons. The number of rotatable bonds is 2. The van der Waals surface area contributed by atoms with Gasteiger partial charge in [-0.25, -0.2) is 9.78 Å². The fourth-order valence-electron chi connectivity index (χ4n) is 5.03. The molecule has 2 aliphatic heterocycles. The van der Waals surface area contributed by atoms with E-state index >= 15 is 0 Å². The van der Waals surface area contributed by atoms with E-state index < -0.39 is 0 Å². The van der Waals surface area contributed by atoms with Crippen molar-refractivity contribution >= 4 is 34.1 Å². The number of urea groups is 1. The van der Waals surface area contributed by atoms with E-state index in [-0.39, 0.29) is 6.03 Å². The van der Waals surface area contributed by atoms with Gasteiger partial charge in [0, 0.05) is 73.5 Å². The molecule has 31 heavy (non-hydrogen) atoms. The van der Waals surface area contributed by atoms with Crippen LogP contribution in [0.3, 0.4) is 0 Å². The molecule has 2 aromatic heterocycles. The molecule has 1 saturated carbocycles. The molecule has 0 unspecified atom stereocenters. The molecule has 6 rings (SSSR count). The second-order valence-corrected chi connectivity index (χ2v) is 9.12. The van der Waals surface area contributed by atoms with Crippen molar-refractivity contribution in [1.29, 1.82) is 0 Å². The Labute approximate surface area is 181 Å². The number of carbonyl (C=O) groups is 1. The van der Waals surface area contributed by atoms with Crippen molar-refractivity contribution in [1.82, 2.24) is 20.1 Å². The number of aromatic nitrogens is 3. The van der Waals surface area contributed by atoms with E-state index in [4.69, 9.17) is 0 Å². The Kier molecular flexibility index (Phi) is 4.02. The number of amides is 2. The second kappa shape index (κ2) is 6.68. The van der Waals surface area contributed by atoms with Gasteiger partial charge in [-0.15, -0.1) is 0 Å². The van der Waals surface area contributed by atoms with Crippen molar-refractivity contribution in [2.75, 3.05) is 41.3 Å². The molecule has 8 nitrogen and oxygen atoms in total. The predicted octanol–water partition coefficient (Wildman–Crippen LogP) is 2.81. The van der Waals surface area contributed by atoms with Gasteiger partial charge >= 0.3 is 6.03 Å². The number of aryl methyl sites for hydroxylation is 2. The number of carbonyl (C=O) groups excluding carboxylic acids is 1. The number of hydrogen-bond donors (Lipinski definition) is 2. The first kappa shape index (κ1) is 18.6. The molecule has 2 fully saturated rings. The normalized spacial score (nSPS) is 19.2. The number of benzene rings is 1. The van der Waals surface area contributed by atoms with E-state index in [1.54, 1.807) is 9.58 Å². The smallest absolute Gasteiger partial charge is 0.327 e. The molecule has 0 bridgehead atoms. The summed E-state index contributed by atoms with van der Waals surface area (Å²) in [5.41, 5.74) is 5.48. The topological polar surface area (TPSA) is 78.3 Å². The van der Waals surface area contributed by atoms with Gasteiger partial charge in [0.25, 0.3) is 0 Å². The molecule has 1 aromatic carbocycles. The van der Waals surface area contributed by atoms with Gasteiger partial charge in [0.1, 0.15) is 5.82 Å². The van der Waals surface area contributed by atoms with E-state index in [0.29, 0.717) is 12.1 Å². The first-order chi connectivity index (χ1) is 15.0. The van der Waals surface area contributed by atoms with Crippen LogP contribution in [0, 0.1) is 6.92 Å². The Bertz CT molecular complexity index is 1200. The number of pyridine rings is 1. The average molecular weight is 418 g/mol. The fraction of sp³-hybridized carbons (Fsp3) is 0.435. The lowest BCUT2D eigenvalue weighted by molar-refractivity contribution is 0.257. The monoisotopic (exact) mass is 417 g/mol. The molecular weight excluding hydrogens is 390 g/mol. The SMILES string of the molecule is Cc1cc2nn(C)cc2cc1NC(=O)N1CCc2c(N3CCNC4(CC4)C3)ccnc21. The standard InChI is InChI=1S/C23H27N7O/c1-15-11-19-16(13-28(2)27-19)12-18(15)26-22(31)30-9-4-17-20(3-7-24-21(17)30)29-10-8-25-23(14-29)5-6-23/h3,7,11-13,25H,4-6,8-10,14H2,1-2H3,(H,26,31). The van der Waals surface area contributed by atoms with Crippen LogP contribution in [-0.2, 0) is 13.5 Å². The molecular formula is C23H27N7O. The van der Waals surface area contributed by atoms with Crippen LogP contribution in [0.25, 0.3) is 10.9 Å². The summed E-state index contributed by atoms with van der Waals surface area (Å²) in [6, 6.07) is 5.99. The van der Waals surface area contributed by atoms with Crippen molar-refractivity contribution in [3.63, 3.8) is 0 Å². The fourth-order valence-corrected chi connectivity index (χ4v) is 5.03. The van der Waals surface area contributed by atoms with Gasteiger partial charge in [-0.1, -0.05) is 0 Å². The largest absolute Gasteiger partial charge is 0.368 e. The first-order valence-corrected chi connectivity index (χ1v) is 11.0. The summed E-state index contributed by atoms with van der Waals surface area (Å²) in [5.74, 6) is 0.790. The van der Waals surface area contributed by atoms with Gasteiger partial charge in [-0.3, -0.25) is 9.58 Å². The molecule has 2 amide bonds. The van der Waals surface area contributed by atoms with Crippen molar-refractivity contribution in [3.05, 3.63) is 41.7 Å². The lowest BCUT2D eigenvalue weighted by Crippen LogP contribution is -2.52. The molecule has 1 spiro atoms. The van der Waals surface area contributed by atoms with Gasteiger partial charge < -0.3 is 15.5 Å². The van der Waals surface area contributed by atoms with Crippen molar-refractivity contribution in [3.8, 4) is 0 Å². The van der Waals surface area contributed by atoms with E-state index in [1.165, 1.54) is 24.1 Å². The maximum Gasteiger partial charge on any atom is 0.327 e. The molecule has 1 aliphatic carbocycles. The van der Waals surface area contributed by atoms with Crippen molar-refractivity contribution in [2.24, 2.45) is 7.05 Å². The highest BCUT2D eigenvalue weighted by molar-refractivity contribution is 6.04. The second-order valence-electron chi connectivity index (χ2n) is 9.12. The molecule has 2 N–H and O–H groups in total. The van der Waals surface area contributed by atoms with Crippen LogP contribution >= 0.6 is 0 Å². The van der Waals surface area contributed by atoms with Gasteiger partial charge in [-0.05, 0) is 49.9 Å². The van der Waals surface area contributed by atoms with Crippen LogP contribution in [0.2, 0.25) is 0 Å². The molecule has 4 heterocycles. The third-order valence-electron chi connectivity index (χ3n) is 6.87. The van der Waals surface area contributed by atoms with Crippen LogP contribution < -0.4 is 20.4 Å². The third kappa shape index (κ3) is 3.13. The molecule has 8 heteroatoms. The van der Waals surface area contributed by atoms with Crippen molar-refractivity contribution in [2.45, 2.75) is 31.7 Å². The van der Waals surface area contributed by atoms with E-state index in [2.05, 4.69) is 31.7 Å². The van der Waals surface area contributed by atoms with Crippen LogP contribution in [0.4, 0.5) is 22.0 Å². The maximum atomic E-state index is 13.2. The van der Waals surface area contributed by atoms with Gasteiger partial charge in [0.05, 0.1) is 5.52 Å². The Morgan fingerprint density at radius 1 is 1.26 bits per heavy atom. The zero-order valence-electron chi connectivity index (χ0n) is 18.0. The summed E-state index contributed by atoms with van der Waals surface area (Å²) < 4.78 is 1.79. The van der Waals surface area contributed by atoms with E-state index in [1.807, 2.05) is 38.5 Å². The van der Waals surface area contributed by atoms with Gasteiger partial charge in [-0.2, -0.15) is 5.10 Å². The molecule has 3 aliphatic rings. The number of hydrogen-bond acceptors (Lipinski definition) is 5. The number of piperazine rings is 1. The maximum absolute atomic E-state index is 13.2. The van der Waals surface area contributed by atoms with Crippen LogP contribution in [0.1, 0.15) is 24.0 Å². The number of fused-ring (bicyclic) bond motifs is 2. The summed E-state index contributed by atoms with van der Waals surface area (Å²) in [5, 5.41) is 12.2. The number of anilines is 3. The molecule has 0 atom stereocenters. The molecule has 0 radical (unpaired) electrons. The highest BCUT2D eigenvalue weighted by Gasteiger charge is 2.46. The quantitative estimate of drug-likeness (QED) is 0.670. The minimum absolute atomic E-state index is 0.131. The van der Waals surface area contributed by atoms with Crippen LogP contribution in [0.15, 0.2) is 30.6 Å². The van der Waals surface area contributed by atoms with Gasteiger partial charge in [0.2, 0.25) is 0 Å². The summed E-state index contributed by atoms with van der Waals surface area (Å²) >= 11 is 0. The number of nitrogens with zero attached hydrogens (tertiary/aromatic N) is 5. The minimum atomic E-state index is -0.131.